The van der Waals surface area contributed by atoms with Crippen LogP contribution in [0.15, 0.2) is 54.6 Å². The Balaban J connectivity index is 1.46. The van der Waals surface area contributed by atoms with Crippen LogP contribution in [0.4, 0.5) is 0 Å². The highest BCUT2D eigenvalue weighted by atomic mass is 35.5. The molecule has 1 aliphatic heterocycles. The van der Waals surface area contributed by atoms with Gasteiger partial charge in [-0.25, -0.2) is 0 Å². The predicted molar refractivity (Wildman–Crippen MR) is 94.6 cm³/mol. The molecule has 2 aromatic carbocycles. The van der Waals surface area contributed by atoms with Crippen molar-refractivity contribution in [1.29, 1.82) is 0 Å². The monoisotopic (exact) mass is 330 g/mol. The van der Waals surface area contributed by atoms with E-state index in [2.05, 4.69) is 40.1 Å². The Labute approximate surface area is 143 Å². The van der Waals surface area contributed by atoms with E-state index in [0.29, 0.717) is 11.6 Å². The van der Waals surface area contributed by atoms with E-state index in [0.717, 1.165) is 38.3 Å². The molecular weight excluding hydrogens is 308 g/mol. The number of halogens is 1. The topological polar surface area (TPSA) is 26.7 Å². The van der Waals surface area contributed by atoms with Gasteiger partial charge < -0.3 is 5.11 Å². The van der Waals surface area contributed by atoms with Gasteiger partial charge in [0.1, 0.15) is 0 Å². The van der Waals surface area contributed by atoms with Gasteiger partial charge in [-0.1, -0.05) is 54.1 Å². The highest BCUT2D eigenvalue weighted by Gasteiger charge is 2.19. The van der Waals surface area contributed by atoms with Gasteiger partial charge >= 0.3 is 0 Å². The lowest BCUT2D eigenvalue weighted by molar-refractivity contribution is 0.0701. The molecule has 2 aromatic rings. The molecule has 3 nitrogen and oxygen atoms in total. The lowest BCUT2D eigenvalue weighted by Gasteiger charge is -2.35. The molecule has 0 saturated carbocycles. The van der Waals surface area contributed by atoms with Crippen molar-refractivity contribution in [2.24, 2.45) is 0 Å². The van der Waals surface area contributed by atoms with Crippen LogP contribution >= 0.6 is 11.6 Å². The number of hydrogen-bond donors (Lipinski definition) is 1. The minimum atomic E-state index is -0.451. The normalized spacial score (nSPS) is 18.0. The summed E-state index contributed by atoms with van der Waals surface area (Å²) in [4.78, 5) is 4.81. The summed E-state index contributed by atoms with van der Waals surface area (Å²) in [5.74, 6) is 0. The average Bonchev–Trinajstić information content (AvgIpc) is 2.58. The maximum Gasteiger partial charge on any atom is 0.0916 e. The van der Waals surface area contributed by atoms with Crippen LogP contribution < -0.4 is 0 Å². The first-order chi connectivity index (χ1) is 11.2. The molecule has 0 bridgehead atoms. The molecule has 122 valence electrons. The largest absolute Gasteiger partial charge is 0.387 e. The highest BCUT2D eigenvalue weighted by molar-refractivity contribution is 6.30. The van der Waals surface area contributed by atoms with Gasteiger partial charge in [-0.2, -0.15) is 0 Å². The van der Waals surface area contributed by atoms with Crippen molar-refractivity contribution in [2.75, 3.05) is 32.7 Å². The number of hydrogen-bond acceptors (Lipinski definition) is 3. The maximum absolute atomic E-state index is 10.4. The van der Waals surface area contributed by atoms with E-state index in [9.17, 15) is 5.11 Å². The Morgan fingerprint density at radius 1 is 0.870 bits per heavy atom. The zero-order valence-corrected chi connectivity index (χ0v) is 14.0. The van der Waals surface area contributed by atoms with Crippen molar-refractivity contribution in [3.8, 4) is 0 Å². The summed E-state index contributed by atoms with van der Waals surface area (Å²) >= 11 is 5.89. The van der Waals surface area contributed by atoms with Crippen molar-refractivity contribution in [1.82, 2.24) is 9.80 Å². The Morgan fingerprint density at radius 2 is 1.48 bits per heavy atom. The zero-order chi connectivity index (χ0) is 16.1. The molecule has 1 heterocycles. The van der Waals surface area contributed by atoms with Crippen molar-refractivity contribution in [2.45, 2.75) is 12.6 Å². The lowest BCUT2D eigenvalue weighted by Crippen LogP contribution is -2.47. The second kappa shape index (κ2) is 7.93. The number of benzene rings is 2. The van der Waals surface area contributed by atoms with Crippen molar-refractivity contribution in [3.63, 3.8) is 0 Å². The molecule has 0 radical (unpaired) electrons. The van der Waals surface area contributed by atoms with Crippen LogP contribution in [0.25, 0.3) is 0 Å². The number of nitrogens with zero attached hydrogens (tertiary/aromatic N) is 2. The van der Waals surface area contributed by atoms with Gasteiger partial charge in [0, 0.05) is 44.3 Å². The summed E-state index contributed by atoms with van der Waals surface area (Å²) in [6, 6.07) is 18.1. The molecule has 1 fully saturated rings. The van der Waals surface area contributed by atoms with Crippen LogP contribution in [0.3, 0.4) is 0 Å². The Kier molecular flexibility index (Phi) is 5.68. The number of rotatable bonds is 5. The Hall–Kier alpha value is -1.39. The zero-order valence-electron chi connectivity index (χ0n) is 13.2. The summed E-state index contributed by atoms with van der Waals surface area (Å²) < 4.78 is 0. The van der Waals surface area contributed by atoms with Crippen molar-refractivity contribution in [3.05, 3.63) is 70.7 Å². The van der Waals surface area contributed by atoms with Crippen LogP contribution in [-0.4, -0.2) is 47.6 Å². The molecule has 1 N–H and O–H groups in total. The first-order valence-corrected chi connectivity index (χ1v) is 8.51. The molecule has 0 aromatic heterocycles. The minimum absolute atomic E-state index is 0.451. The fraction of sp³-hybridized carbons (Fsp3) is 0.368. The maximum atomic E-state index is 10.4. The standard InChI is InChI=1S/C19H23ClN2O/c20-18-8-6-17(7-9-18)19(23)15-22-12-10-21(11-13-22)14-16-4-2-1-3-5-16/h1-9,19,23H,10-15H2. The second-order valence-electron chi connectivity index (χ2n) is 6.13. The highest BCUT2D eigenvalue weighted by Crippen LogP contribution is 2.18. The SMILES string of the molecule is OC(CN1CCN(Cc2ccccc2)CC1)c1ccc(Cl)cc1. The third-order valence-electron chi connectivity index (χ3n) is 4.40. The van der Waals surface area contributed by atoms with E-state index in [1.807, 2.05) is 24.3 Å². The van der Waals surface area contributed by atoms with Gasteiger partial charge in [0.2, 0.25) is 0 Å². The molecule has 0 aliphatic carbocycles. The molecule has 23 heavy (non-hydrogen) atoms. The molecule has 3 rings (SSSR count). The quantitative estimate of drug-likeness (QED) is 0.912. The van der Waals surface area contributed by atoms with Crippen molar-refractivity contribution < 1.29 is 5.11 Å². The van der Waals surface area contributed by atoms with Crippen LogP contribution in [-0.2, 0) is 6.54 Å². The van der Waals surface area contributed by atoms with E-state index in [1.165, 1.54) is 5.56 Å². The fourth-order valence-electron chi connectivity index (χ4n) is 3.01. The van der Waals surface area contributed by atoms with E-state index < -0.39 is 6.10 Å². The van der Waals surface area contributed by atoms with Gasteiger partial charge in [0.15, 0.2) is 0 Å². The van der Waals surface area contributed by atoms with E-state index in [-0.39, 0.29) is 0 Å². The van der Waals surface area contributed by atoms with Gasteiger partial charge in [-0.05, 0) is 23.3 Å². The van der Waals surface area contributed by atoms with Gasteiger partial charge in [0.25, 0.3) is 0 Å². The number of aliphatic hydroxyl groups excluding tert-OH is 1. The smallest absolute Gasteiger partial charge is 0.0916 e. The van der Waals surface area contributed by atoms with E-state index >= 15 is 0 Å². The van der Waals surface area contributed by atoms with Gasteiger partial charge in [0.05, 0.1) is 6.10 Å². The van der Waals surface area contributed by atoms with Gasteiger partial charge in [-0.3, -0.25) is 9.80 Å². The van der Waals surface area contributed by atoms with Crippen molar-refractivity contribution >= 4 is 11.6 Å². The summed E-state index contributed by atoms with van der Waals surface area (Å²) in [7, 11) is 0. The predicted octanol–water partition coefficient (Wildman–Crippen LogP) is 3.19. The third-order valence-corrected chi connectivity index (χ3v) is 4.65. The van der Waals surface area contributed by atoms with Gasteiger partial charge in [-0.15, -0.1) is 0 Å². The number of piperazine rings is 1. The minimum Gasteiger partial charge on any atom is -0.387 e. The Morgan fingerprint density at radius 3 is 2.13 bits per heavy atom. The first-order valence-electron chi connectivity index (χ1n) is 8.13. The molecule has 1 unspecified atom stereocenters. The molecule has 0 amide bonds. The molecule has 0 spiro atoms. The first kappa shape index (κ1) is 16.5. The third kappa shape index (κ3) is 4.79. The van der Waals surface area contributed by atoms with Crippen LogP contribution in [0.2, 0.25) is 5.02 Å². The fourth-order valence-corrected chi connectivity index (χ4v) is 3.13. The van der Waals surface area contributed by atoms with E-state index in [4.69, 9.17) is 11.6 Å². The molecule has 1 aliphatic rings. The Bertz CT molecular complexity index is 595. The number of β-amino-alcohol motifs (C(OH)–C–C–N with tert-alkyl or cyclic N) is 1. The van der Waals surface area contributed by atoms with E-state index in [1.54, 1.807) is 0 Å². The molecule has 1 saturated heterocycles. The average molecular weight is 331 g/mol. The van der Waals surface area contributed by atoms with Crippen LogP contribution in [0.5, 0.6) is 0 Å². The molecule has 4 heteroatoms. The summed E-state index contributed by atoms with van der Waals surface area (Å²) in [5, 5.41) is 11.1. The summed E-state index contributed by atoms with van der Waals surface area (Å²) in [6.07, 6.45) is -0.451. The molecule has 1 atom stereocenters. The van der Waals surface area contributed by atoms with Crippen LogP contribution in [0.1, 0.15) is 17.2 Å². The van der Waals surface area contributed by atoms with Crippen LogP contribution in [0, 0.1) is 0 Å². The lowest BCUT2D eigenvalue weighted by atomic mass is 10.1. The molecular formula is C19H23ClN2O. The summed E-state index contributed by atoms with van der Waals surface area (Å²) in [6.45, 7) is 5.77. The summed E-state index contributed by atoms with van der Waals surface area (Å²) in [5.41, 5.74) is 2.29. The second-order valence-corrected chi connectivity index (χ2v) is 6.57. The number of aliphatic hydroxyl groups is 1.